The van der Waals surface area contributed by atoms with Gasteiger partial charge in [-0.2, -0.15) is 5.10 Å². The van der Waals surface area contributed by atoms with E-state index < -0.39 is 6.16 Å². The summed E-state index contributed by atoms with van der Waals surface area (Å²) in [5, 5.41) is 8.94. The minimum atomic E-state index is -0.791. The van der Waals surface area contributed by atoms with Crippen LogP contribution in [0, 0.1) is 5.92 Å². The number of carbonyl (C=O) groups is 3. The molecule has 2 N–H and O–H groups in total. The molecule has 0 spiro atoms. The van der Waals surface area contributed by atoms with E-state index in [1.807, 2.05) is 0 Å². The van der Waals surface area contributed by atoms with Crippen molar-refractivity contribution in [1.82, 2.24) is 20.4 Å². The van der Waals surface area contributed by atoms with Crippen molar-refractivity contribution in [2.75, 3.05) is 26.2 Å². The number of amides is 2. The van der Waals surface area contributed by atoms with E-state index in [1.54, 1.807) is 24.0 Å². The lowest BCUT2D eigenvalue weighted by Crippen LogP contribution is -2.42. The predicted molar refractivity (Wildman–Crippen MR) is 110 cm³/mol. The Balaban J connectivity index is 1.43. The molecule has 2 heterocycles. The van der Waals surface area contributed by atoms with E-state index in [0.717, 1.165) is 12.8 Å². The van der Waals surface area contributed by atoms with Gasteiger partial charge in [0.1, 0.15) is 11.4 Å². The van der Waals surface area contributed by atoms with Crippen molar-refractivity contribution in [2.24, 2.45) is 5.92 Å². The number of nitrogens with zero attached hydrogens (tertiary/aromatic N) is 2. The van der Waals surface area contributed by atoms with Gasteiger partial charge >= 0.3 is 6.16 Å². The monoisotopic (exact) mass is 428 g/mol. The Morgan fingerprint density at radius 1 is 1.13 bits per heavy atom. The first-order valence-electron chi connectivity index (χ1n) is 10.0. The lowest BCUT2D eigenvalue weighted by Gasteiger charge is -2.31. The normalized spacial score (nSPS) is 14.0. The highest BCUT2D eigenvalue weighted by Crippen LogP contribution is 2.18. The summed E-state index contributed by atoms with van der Waals surface area (Å²) in [6.45, 7) is 3.51. The molecule has 1 fully saturated rings. The number of nitrogens with one attached hydrogen (secondary N) is 2. The van der Waals surface area contributed by atoms with Crippen LogP contribution in [0.25, 0.3) is 0 Å². The standard InChI is InChI=1S/C21H24N4O6/c1-2-30-21(29)31-16-5-3-15(4-6-16)19(27)22-13-14-9-11-25(12-10-14)20(28)17-7-8-18(26)24-23-17/h3-8,14H,2,9-13H2,1H3,(H,22,27)(H,24,26). The number of aromatic amines is 1. The number of rotatable bonds is 6. The van der Waals surface area contributed by atoms with Crippen molar-refractivity contribution >= 4 is 18.0 Å². The average molecular weight is 428 g/mol. The molecular formula is C21H24N4O6. The van der Waals surface area contributed by atoms with Crippen molar-refractivity contribution in [3.8, 4) is 5.75 Å². The molecule has 10 heteroatoms. The molecule has 164 valence electrons. The van der Waals surface area contributed by atoms with Gasteiger partial charge in [0.2, 0.25) is 0 Å². The summed E-state index contributed by atoms with van der Waals surface area (Å²) in [5.41, 5.74) is 0.307. The van der Waals surface area contributed by atoms with Crippen molar-refractivity contribution in [3.63, 3.8) is 0 Å². The Labute approximate surface area is 178 Å². The van der Waals surface area contributed by atoms with Crippen LogP contribution in [0.3, 0.4) is 0 Å². The molecule has 10 nitrogen and oxygen atoms in total. The van der Waals surface area contributed by atoms with E-state index in [0.29, 0.717) is 30.9 Å². The minimum absolute atomic E-state index is 0.210. The molecule has 0 bridgehead atoms. The second-order valence-corrected chi connectivity index (χ2v) is 7.06. The van der Waals surface area contributed by atoms with Gasteiger partial charge in [0.25, 0.3) is 17.4 Å². The van der Waals surface area contributed by atoms with Gasteiger partial charge in [-0.1, -0.05) is 0 Å². The van der Waals surface area contributed by atoms with Crippen LogP contribution in [-0.2, 0) is 4.74 Å². The topological polar surface area (TPSA) is 131 Å². The first-order chi connectivity index (χ1) is 15.0. The highest BCUT2D eigenvalue weighted by Gasteiger charge is 2.25. The van der Waals surface area contributed by atoms with E-state index in [1.165, 1.54) is 24.3 Å². The van der Waals surface area contributed by atoms with Gasteiger partial charge in [0.15, 0.2) is 0 Å². The SMILES string of the molecule is CCOC(=O)Oc1ccc(C(=O)NCC2CCN(C(=O)c3ccc(=O)[nH]n3)CC2)cc1. The highest BCUT2D eigenvalue weighted by molar-refractivity contribution is 5.94. The van der Waals surface area contributed by atoms with Crippen LogP contribution in [0.4, 0.5) is 4.79 Å². The van der Waals surface area contributed by atoms with Crippen LogP contribution >= 0.6 is 0 Å². The summed E-state index contributed by atoms with van der Waals surface area (Å²) in [5.74, 6) is 0.106. The zero-order chi connectivity index (χ0) is 22.2. The van der Waals surface area contributed by atoms with Gasteiger partial charge in [0.05, 0.1) is 6.61 Å². The number of hydrogen-bond donors (Lipinski definition) is 2. The number of hydrogen-bond acceptors (Lipinski definition) is 7. The summed E-state index contributed by atoms with van der Waals surface area (Å²) < 4.78 is 9.66. The molecule has 31 heavy (non-hydrogen) atoms. The van der Waals surface area contributed by atoms with Crippen LogP contribution in [-0.4, -0.2) is 59.3 Å². The lowest BCUT2D eigenvalue weighted by molar-refractivity contribution is 0.0677. The number of ether oxygens (including phenoxy) is 2. The number of benzene rings is 1. The number of H-pyrrole nitrogens is 1. The lowest BCUT2D eigenvalue weighted by atomic mass is 9.96. The molecule has 2 amide bonds. The number of carbonyl (C=O) groups excluding carboxylic acids is 3. The molecule has 0 aliphatic carbocycles. The Morgan fingerprint density at radius 3 is 2.45 bits per heavy atom. The number of piperidine rings is 1. The third-order valence-corrected chi connectivity index (χ3v) is 4.93. The zero-order valence-corrected chi connectivity index (χ0v) is 17.1. The maximum absolute atomic E-state index is 12.4. The van der Waals surface area contributed by atoms with Gasteiger partial charge in [-0.3, -0.25) is 14.4 Å². The van der Waals surface area contributed by atoms with Crippen molar-refractivity contribution in [1.29, 1.82) is 0 Å². The van der Waals surface area contributed by atoms with Gasteiger partial charge in [-0.05, 0) is 56.0 Å². The van der Waals surface area contributed by atoms with Crippen molar-refractivity contribution in [2.45, 2.75) is 19.8 Å². The third kappa shape index (κ3) is 6.14. The molecule has 1 aliphatic heterocycles. The summed E-state index contributed by atoms with van der Waals surface area (Å²) in [6, 6.07) is 8.89. The molecule has 0 radical (unpaired) electrons. The number of aromatic nitrogens is 2. The molecule has 1 saturated heterocycles. The van der Waals surface area contributed by atoms with E-state index in [2.05, 4.69) is 15.5 Å². The maximum Gasteiger partial charge on any atom is 0.513 e. The minimum Gasteiger partial charge on any atom is -0.434 e. The molecular weight excluding hydrogens is 404 g/mol. The smallest absolute Gasteiger partial charge is 0.434 e. The van der Waals surface area contributed by atoms with E-state index in [4.69, 9.17) is 9.47 Å². The van der Waals surface area contributed by atoms with Crippen molar-refractivity contribution < 1.29 is 23.9 Å². The fourth-order valence-electron chi connectivity index (χ4n) is 3.22. The molecule has 1 aromatic carbocycles. The van der Waals surface area contributed by atoms with Crippen LogP contribution in [0.15, 0.2) is 41.2 Å². The zero-order valence-electron chi connectivity index (χ0n) is 17.1. The summed E-state index contributed by atoms with van der Waals surface area (Å²) in [6.07, 6.45) is 0.712. The molecule has 1 aromatic heterocycles. The van der Waals surface area contributed by atoms with E-state index >= 15 is 0 Å². The van der Waals surface area contributed by atoms with Gasteiger partial charge < -0.3 is 19.7 Å². The van der Waals surface area contributed by atoms with E-state index in [-0.39, 0.29) is 35.6 Å². The Morgan fingerprint density at radius 2 is 1.84 bits per heavy atom. The fourth-order valence-corrected chi connectivity index (χ4v) is 3.22. The highest BCUT2D eigenvalue weighted by atomic mass is 16.7. The first kappa shape index (κ1) is 22.0. The maximum atomic E-state index is 12.4. The predicted octanol–water partition coefficient (Wildman–Crippen LogP) is 1.59. The largest absolute Gasteiger partial charge is 0.513 e. The Kier molecular flexibility index (Phi) is 7.36. The van der Waals surface area contributed by atoms with Crippen LogP contribution < -0.4 is 15.6 Å². The first-order valence-corrected chi connectivity index (χ1v) is 10.0. The molecule has 0 atom stereocenters. The third-order valence-electron chi connectivity index (χ3n) is 4.93. The Bertz CT molecular complexity index is 960. The molecule has 0 unspecified atom stereocenters. The fraction of sp³-hybridized carbons (Fsp3) is 0.381. The van der Waals surface area contributed by atoms with E-state index in [9.17, 15) is 19.2 Å². The second-order valence-electron chi connectivity index (χ2n) is 7.06. The molecule has 0 saturated carbocycles. The van der Waals surface area contributed by atoms with Gasteiger partial charge in [0, 0.05) is 31.3 Å². The van der Waals surface area contributed by atoms with Crippen LogP contribution in [0.1, 0.15) is 40.6 Å². The average Bonchev–Trinajstić information content (AvgIpc) is 2.78. The van der Waals surface area contributed by atoms with Crippen LogP contribution in [0.2, 0.25) is 0 Å². The van der Waals surface area contributed by atoms with Crippen LogP contribution in [0.5, 0.6) is 5.75 Å². The summed E-state index contributed by atoms with van der Waals surface area (Å²) in [7, 11) is 0. The molecule has 1 aliphatic rings. The molecule has 2 aromatic rings. The quantitative estimate of drug-likeness (QED) is 0.528. The Hall–Kier alpha value is -3.69. The summed E-state index contributed by atoms with van der Waals surface area (Å²) >= 11 is 0. The number of likely N-dealkylation sites (tertiary alicyclic amines) is 1. The van der Waals surface area contributed by atoms with Gasteiger partial charge in [-0.25, -0.2) is 9.89 Å². The molecule has 3 rings (SSSR count). The van der Waals surface area contributed by atoms with Gasteiger partial charge in [-0.15, -0.1) is 0 Å². The summed E-state index contributed by atoms with van der Waals surface area (Å²) in [4.78, 5) is 48.9. The second kappa shape index (κ2) is 10.4. The van der Waals surface area contributed by atoms with Crippen molar-refractivity contribution in [3.05, 3.63) is 58.0 Å².